The molecular weight excluding hydrogens is 248 g/mol. The highest BCUT2D eigenvalue weighted by Gasteiger charge is 2.13. The van der Waals surface area contributed by atoms with Crippen molar-refractivity contribution >= 4 is 0 Å². The van der Waals surface area contributed by atoms with Crippen molar-refractivity contribution in [2.24, 2.45) is 7.05 Å². The predicted octanol–water partition coefficient (Wildman–Crippen LogP) is 4.55. The molecule has 0 aliphatic rings. The Morgan fingerprint density at radius 2 is 1.65 bits per heavy atom. The molecule has 1 unspecified atom stereocenters. The molecule has 1 heterocycles. The lowest BCUT2D eigenvalue weighted by Crippen LogP contribution is -2.05. The maximum Gasteiger partial charge on any atom is 0.0956 e. The highest BCUT2D eigenvalue weighted by atomic mass is 16.3. The smallest absolute Gasteiger partial charge is 0.0956 e. The summed E-state index contributed by atoms with van der Waals surface area (Å²) in [5.41, 5.74) is 2.03. The summed E-state index contributed by atoms with van der Waals surface area (Å²) in [6.07, 6.45) is 11.9. The molecule has 0 saturated heterocycles. The summed E-state index contributed by atoms with van der Waals surface area (Å²) >= 11 is 0. The van der Waals surface area contributed by atoms with Crippen LogP contribution in [-0.2, 0) is 13.5 Å². The van der Waals surface area contributed by atoms with E-state index in [1.165, 1.54) is 44.9 Å². The van der Waals surface area contributed by atoms with Gasteiger partial charge in [0.2, 0.25) is 0 Å². The molecule has 0 spiro atoms. The van der Waals surface area contributed by atoms with Crippen molar-refractivity contribution < 1.29 is 5.11 Å². The third-order valence-electron chi connectivity index (χ3n) is 4.00. The van der Waals surface area contributed by atoms with Crippen LogP contribution in [0, 0.1) is 0 Å². The number of hydrogen-bond donors (Lipinski definition) is 1. The summed E-state index contributed by atoms with van der Waals surface area (Å²) in [7, 11) is 1.92. The summed E-state index contributed by atoms with van der Waals surface area (Å²) < 4.78 is 1.83. The SMILES string of the molecule is CCCCCCCCCCC(O)c1cc(CC)nn1C. The van der Waals surface area contributed by atoms with Crippen molar-refractivity contribution in [1.29, 1.82) is 0 Å². The fourth-order valence-electron chi connectivity index (χ4n) is 2.65. The van der Waals surface area contributed by atoms with E-state index in [0.717, 1.165) is 30.7 Å². The summed E-state index contributed by atoms with van der Waals surface area (Å²) in [5.74, 6) is 0. The Kier molecular flexibility index (Phi) is 8.59. The molecule has 3 nitrogen and oxygen atoms in total. The van der Waals surface area contributed by atoms with E-state index in [4.69, 9.17) is 0 Å². The quantitative estimate of drug-likeness (QED) is 0.604. The van der Waals surface area contributed by atoms with Gasteiger partial charge in [-0.1, -0.05) is 65.2 Å². The van der Waals surface area contributed by atoms with Crippen LogP contribution in [-0.4, -0.2) is 14.9 Å². The van der Waals surface area contributed by atoms with Gasteiger partial charge in [0, 0.05) is 7.05 Å². The maximum absolute atomic E-state index is 10.2. The lowest BCUT2D eigenvalue weighted by atomic mass is 10.0. The fraction of sp³-hybridized carbons (Fsp3) is 0.824. The average Bonchev–Trinajstić information content (AvgIpc) is 2.83. The fourth-order valence-corrected chi connectivity index (χ4v) is 2.65. The minimum absolute atomic E-state index is 0.354. The average molecular weight is 280 g/mol. The molecule has 3 heteroatoms. The maximum atomic E-state index is 10.2. The van der Waals surface area contributed by atoms with Crippen molar-refractivity contribution in [2.45, 2.75) is 84.2 Å². The van der Waals surface area contributed by atoms with Gasteiger partial charge in [-0.2, -0.15) is 5.10 Å². The van der Waals surface area contributed by atoms with Crippen LogP contribution in [0.15, 0.2) is 6.07 Å². The lowest BCUT2D eigenvalue weighted by molar-refractivity contribution is 0.154. The van der Waals surface area contributed by atoms with Crippen molar-refractivity contribution in [3.8, 4) is 0 Å². The minimum Gasteiger partial charge on any atom is -0.387 e. The number of aliphatic hydroxyl groups excluding tert-OH is 1. The van der Waals surface area contributed by atoms with E-state index in [0.29, 0.717) is 0 Å². The van der Waals surface area contributed by atoms with Gasteiger partial charge in [0.05, 0.1) is 17.5 Å². The van der Waals surface area contributed by atoms with Gasteiger partial charge in [-0.05, 0) is 18.9 Å². The van der Waals surface area contributed by atoms with Gasteiger partial charge in [-0.15, -0.1) is 0 Å². The molecule has 0 amide bonds. The van der Waals surface area contributed by atoms with Gasteiger partial charge in [0.15, 0.2) is 0 Å². The molecule has 0 bridgehead atoms. The Hall–Kier alpha value is -0.830. The van der Waals surface area contributed by atoms with Crippen molar-refractivity contribution in [1.82, 2.24) is 9.78 Å². The van der Waals surface area contributed by atoms with Crippen LogP contribution in [0.2, 0.25) is 0 Å². The van der Waals surface area contributed by atoms with E-state index >= 15 is 0 Å². The molecule has 1 rings (SSSR count). The zero-order valence-electron chi connectivity index (χ0n) is 13.6. The molecule has 0 radical (unpaired) electrons. The van der Waals surface area contributed by atoms with Gasteiger partial charge in [0.25, 0.3) is 0 Å². The van der Waals surface area contributed by atoms with Crippen LogP contribution >= 0.6 is 0 Å². The second-order valence-corrected chi connectivity index (χ2v) is 5.82. The molecule has 1 aromatic rings. The first-order valence-electron chi connectivity index (χ1n) is 8.39. The van der Waals surface area contributed by atoms with Gasteiger partial charge in [-0.25, -0.2) is 0 Å². The second kappa shape index (κ2) is 9.98. The van der Waals surface area contributed by atoms with E-state index in [1.54, 1.807) is 0 Å². The summed E-state index contributed by atoms with van der Waals surface area (Å²) in [6, 6.07) is 2.04. The Morgan fingerprint density at radius 3 is 2.20 bits per heavy atom. The minimum atomic E-state index is -0.354. The largest absolute Gasteiger partial charge is 0.387 e. The molecule has 20 heavy (non-hydrogen) atoms. The predicted molar refractivity (Wildman–Crippen MR) is 84.8 cm³/mol. The van der Waals surface area contributed by atoms with Crippen molar-refractivity contribution in [3.05, 3.63) is 17.5 Å². The number of unbranched alkanes of at least 4 members (excludes halogenated alkanes) is 7. The normalized spacial score (nSPS) is 12.8. The first kappa shape index (κ1) is 17.2. The van der Waals surface area contributed by atoms with E-state index in [1.807, 2.05) is 17.8 Å². The Balaban J connectivity index is 2.13. The topological polar surface area (TPSA) is 38.1 Å². The van der Waals surface area contributed by atoms with Crippen LogP contribution in [0.4, 0.5) is 0 Å². The molecule has 1 atom stereocenters. The number of rotatable bonds is 11. The molecule has 1 aromatic heterocycles. The number of aryl methyl sites for hydroxylation is 2. The van der Waals surface area contributed by atoms with E-state index < -0.39 is 0 Å². The van der Waals surface area contributed by atoms with Gasteiger partial charge in [0.1, 0.15) is 0 Å². The second-order valence-electron chi connectivity index (χ2n) is 5.82. The Morgan fingerprint density at radius 1 is 1.05 bits per heavy atom. The highest BCUT2D eigenvalue weighted by Crippen LogP contribution is 2.21. The lowest BCUT2D eigenvalue weighted by Gasteiger charge is -2.10. The van der Waals surface area contributed by atoms with Gasteiger partial charge in [-0.3, -0.25) is 4.68 Å². The monoisotopic (exact) mass is 280 g/mol. The molecule has 0 aromatic carbocycles. The molecule has 0 aliphatic carbocycles. The van der Waals surface area contributed by atoms with Crippen LogP contribution < -0.4 is 0 Å². The highest BCUT2D eigenvalue weighted by molar-refractivity contribution is 5.12. The summed E-state index contributed by atoms with van der Waals surface area (Å²) in [4.78, 5) is 0. The molecule has 0 saturated carbocycles. The Bertz CT molecular complexity index is 360. The van der Waals surface area contributed by atoms with Gasteiger partial charge >= 0.3 is 0 Å². The number of aliphatic hydroxyl groups is 1. The van der Waals surface area contributed by atoms with Crippen molar-refractivity contribution in [2.75, 3.05) is 0 Å². The number of hydrogen-bond acceptors (Lipinski definition) is 2. The number of nitrogens with zero attached hydrogens (tertiary/aromatic N) is 2. The van der Waals surface area contributed by atoms with Crippen molar-refractivity contribution in [3.63, 3.8) is 0 Å². The van der Waals surface area contributed by atoms with Crippen LogP contribution in [0.3, 0.4) is 0 Å². The third-order valence-corrected chi connectivity index (χ3v) is 4.00. The van der Waals surface area contributed by atoms with Crippen LogP contribution in [0.5, 0.6) is 0 Å². The summed E-state index contributed by atoms with van der Waals surface area (Å²) in [5, 5.41) is 14.6. The van der Waals surface area contributed by atoms with E-state index in [9.17, 15) is 5.11 Å². The van der Waals surface area contributed by atoms with E-state index in [-0.39, 0.29) is 6.10 Å². The van der Waals surface area contributed by atoms with E-state index in [2.05, 4.69) is 18.9 Å². The zero-order valence-corrected chi connectivity index (χ0v) is 13.6. The zero-order chi connectivity index (χ0) is 14.8. The Labute approximate surface area is 124 Å². The standard InChI is InChI=1S/C17H32N2O/c1-4-6-7-8-9-10-11-12-13-17(20)16-14-15(5-2)18-19(16)3/h14,17,20H,4-13H2,1-3H3. The summed E-state index contributed by atoms with van der Waals surface area (Å²) in [6.45, 7) is 4.35. The molecule has 1 N–H and O–H groups in total. The molecule has 0 aliphatic heterocycles. The molecule has 116 valence electrons. The first-order chi connectivity index (χ1) is 9.69. The van der Waals surface area contributed by atoms with Crippen LogP contribution in [0.25, 0.3) is 0 Å². The third kappa shape index (κ3) is 6.08. The molecule has 0 fully saturated rings. The van der Waals surface area contributed by atoms with Crippen LogP contribution in [0.1, 0.15) is 89.1 Å². The van der Waals surface area contributed by atoms with Gasteiger partial charge < -0.3 is 5.11 Å². The number of aromatic nitrogens is 2. The first-order valence-corrected chi connectivity index (χ1v) is 8.39. The molecular formula is C17H32N2O.